The third-order valence-corrected chi connectivity index (χ3v) is 6.03. The number of H-pyrrole nitrogens is 1. The maximum Gasteiger partial charge on any atom is 0.311 e. The molecule has 5 nitrogen and oxygen atoms in total. The van der Waals surface area contributed by atoms with E-state index in [1.807, 2.05) is 42.5 Å². The zero-order valence-corrected chi connectivity index (χ0v) is 19.4. The van der Waals surface area contributed by atoms with E-state index in [2.05, 4.69) is 16.0 Å². The van der Waals surface area contributed by atoms with E-state index in [1.165, 1.54) is 12.1 Å². The molecule has 2 aromatic heterocycles. The average molecular weight is 476 g/mol. The number of aryl methyl sites for hydroxylation is 1. The van der Waals surface area contributed by atoms with E-state index in [4.69, 9.17) is 10.00 Å². The molecule has 2 heterocycles. The first-order chi connectivity index (χ1) is 17.6. The number of halogens is 1. The highest BCUT2D eigenvalue weighted by Crippen LogP contribution is 2.31. The highest BCUT2D eigenvalue weighted by Gasteiger charge is 2.15. The summed E-state index contributed by atoms with van der Waals surface area (Å²) < 4.78 is 19.5. The molecule has 3 aromatic carbocycles. The first kappa shape index (κ1) is 23.0. The Kier molecular flexibility index (Phi) is 6.55. The van der Waals surface area contributed by atoms with Crippen molar-refractivity contribution in [3.8, 4) is 34.3 Å². The van der Waals surface area contributed by atoms with Crippen LogP contribution in [0.15, 0.2) is 91.1 Å². The van der Waals surface area contributed by atoms with Gasteiger partial charge in [0.15, 0.2) is 0 Å². The minimum Gasteiger partial charge on any atom is -0.427 e. The lowest BCUT2D eigenvalue weighted by Crippen LogP contribution is -2.08. The number of nitrogens with zero attached hydrogens (tertiary/aromatic N) is 2. The molecule has 0 aliphatic rings. The van der Waals surface area contributed by atoms with Crippen molar-refractivity contribution >= 4 is 16.9 Å². The van der Waals surface area contributed by atoms with Crippen LogP contribution in [0.1, 0.15) is 24.0 Å². The second kappa shape index (κ2) is 10.2. The number of aromatic nitrogens is 2. The van der Waals surface area contributed by atoms with Crippen LogP contribution in [0.3, 0.4) is 0 Å². The Hall–Kier alpha value is -4.76. The van der Waals surface area contributed by atoms with Gasteiger partial charge in [0.05, 0.1) is 23.0 Å². The Bertz CT molecular complexity index is 1550. The number of rotatable bonds is 7. The van der Waals surface area contributed by atoms with Crippen molar-refractivity contribution in [3.63, 3.8) is 0 Å². The zero-order valence-electron chi connectivity index (χ0n) is 19.4. The second-order valence-corrected chi connectivity index (χ2v) is 8.42. The third kappa shape index (κ3) is 5.01. The first-order valence-corrected chi connectivity index (χ1v) is 11.6. The van der Waals surface area contributed by atoms with Crippen LogP contribution in [0.4, 0.5) is 4.39 Å². The highest BCUT2D eigenvalue weighted by atomic mass is 19.1. The number of esters is 1. The number of nitriles is 1. The van der Waals surface area contributed by atoms with Gasteiger partial charge in [-0.25, -0.2) is 4.39 Å². The van der Waals surface area contributed by atoms with Gasteiger partial charge in [-0.15, -0.1) is 0 Å². The number of ether oxygens (including phenoxy) is 1. The molecule has 176 valence electrons. The minimum absolute atomic E-state index is 0.223. The summed E-state index contributed by atoms with van der Waals surface area (Å²) >= 11 is 0. The van der Waals surface area contributed by atoms with Crippen molar-refractivity contribution in [1.29, 1.82) is 5.26 Å². The zero-order chi connectivity index (χ0) is 24.9. The van der Waals surface area contributed by atoms with Gasteiger partial charge < -0.3 is 9.72 Å². The van der Waals surface area contributed by atoms with E-state index < -0.39 is 0 Å². The summed E-state index contributed by atoms with van der Waals surface area (Å²) in [7, 11) is 0. The van der Waals surface area contributed by atoms with Crippen molar-refractivity contribution in [2.45, 2.75) is 19.3 Å². The number of benzene rings is 3. The maximum absolute atomic E-state index is 14.0. The average Bonchev–Trinajstić information content (AvgIpc) is 3.27. The van der Waals surface area contributed by atoms with Gasteiger partial charge in [-0.2, -0.15) is 5.26 Å². The Morgan fingerprint density at radius 2 is 1.72 bits per heavy atom. The molecule has 5 rings (SSSR count). The molecule has 0 fully saturated rings. The molecule has 0 bridgehead atoms. The number of fused-ring (bicyclic) bond motifs is 1. The monoisotopic (exact) mass is 475 g/mol. The van der Waals surface area contributed by atoms with Crippen LogP contribution in [0.2, 0.25) is 0 Å². The SMILES string of the molecule is N#Cc1ccc(-c2ccc(OC(=O)CCCc3c(-c4ccccn4)[nH]c4ccc(F)cc34)cc2)cc1. The summed E-state index contributed by atoms with van der Waals surface area (Å²) in [5, 5.41) is 9.73. The molecule has 0 aliphatic heterocycles. The van der Waals surface area contributed by atoms with Crippen LogP contribution >= 0.6 is 0 Å². The smallest absolute Gasteiger partial charge is 0.311 e. The van der Waals surface area contributed by atoms with E-state index in [9.17, 15) is 9.18 Å². The predicted molar refractivity (Wildman–Crippen MR) is 137 cm³/mol. The number of hydrogen-bond donors (Lipinski definition) is 1. The van der Waals surface area contributed by atoms with Crippen molar-refractivity contribution < 1.29 is 13.9 Å². The minimum atomic E-state index is -0.327. The van der Waals surface area contributed by atoms with Gasteiger partial charge in [-0.3, -0.25) is 9.78 Å². The lowest BCUT2D eigenvalue weighted by Gasteiger charge is -2.07. The van der Waals surface area contributed by atoms with Crippen LogP contribution in [0.25, 0.3) is 33.4 Å². The molecule has 6 heteroatoms. The Morgan fingerprint density at radius 1 is 0.972 bits per heavy atom. The summed E-state index contributed by atoms with van der Waals surface area (Å²) in [6, 6.07) is 27.0. The Balaban J connectivity index is 1.24. The molecule has 0 radical (unpaired) electrons. The van der Waals surface area contributed by atoms with Gasteiger partial charge in [0.2, 0.25) is 0 Å². The highest BCUT2D eigenvalue weighted by molar-refractivity contribution is 5.90. The van der Waals surface area contributed by atoms with E-state index in [0.717, 1.165) is 39.0 Å². The van der Waals surface area contributed by atoms with Gasteiger partial charge in [0.1, 0.15) is 11.6 Å². The van der Waals surface area contributed by atoms with Crippen molar-refractivity contribution in [2.24, 2.45) is 0 Å². The quantitative estimate of drug-likeness (QED) is 0.207. The van der Waals surface area contributed by atoms with Crippen LogP contribution in [0, 0.1) is 17.1 Å². The lowest BCUT2D eigenvalue weighted by atomic mass is 10.0. The summed E-state index contributed by atoms with van der Waals surface area (Å²) in [6.07, 6.45) is 3.06. The van der Waals surface area contributed by atoms with Crippen LogP contribution in [-0.2, 0) is 11.2 Å². The molecule has 0 atom stereocenters. The van der Waals surface area contributed by atoms with Crippen LogP contribution < -0.4 is 4.74 Å². The summed E-state index contributed by atoms with van der Waals surface area (Å²) in [5.41, 5.74) is 5.92. The molecular formula is C30H22FN3O2. The van der Waals surface area contributed by atoms with Gasteiger partial charge in [0.25, 0.3) is 0 Å². The Morgan fingerprint density at radius 3 is 2.42 bits per heavy atom. The van der Waals surface area contributed by atoms with Crippen molar-refractivity contribution in [3.05, 3.63) is 108 Å². The number of nitrogens with one attached hydrogen (secondary N) is 1. The van der Waals surface area contributed by atoms with Crippen molar-refractivity contribution in [1.82, 2.24) is 9.97 Å². The Labute approximate surface area is 207 Å². The first-order valence-electron chi connectivity index (χ1n) is 11.6. The molecule has 0 aliphatic carbocycles. The molecule has 1 N–H and O–H groups in total. The topological polar surface area (TPSA) is 78.8 Å². The fourth-order valence-corrected chi connectivity index (χ4v) is 4.25. The normalized spacial score (nSPS) is 10.8. The molecule has 0 saturated carbocycles. The molecular weight excluding hydrogens is 453 g/mol. The molecule has 0 unspecified atom stereocenters. The van der Waals surface area contributed by atoms with E-state index in [1.54, 1.807) is 36.5 Å². The second-order valence-electron chi connectivity index (χ2n) is 8.42. The van der Waals surface area contributed by atoms with Gasteiger partial charge >= 0.3 is 5.97 Å². The lowest BCUT2D eigenvalue weighted by molar-refractivity contribution is -0.134. The largest absolute Gasteiger partial charge is 0.427 e. The standard InChI is InChI=1S/C30H22FN3O2/c31-23-13-16-27-26(18-23)25(30(34-27)28-5-1-2-17-33-28)4-3-6-29(35)36-24-14-11-22(12-15-24)21-9-7-20(19-32)8-10-21/h1-2,5,7-18,34H,3-4,6H2. The molecule has 0 spiro atoms. The molecule has 0 saturated heterocycles. The maximum atomic E-state index is 14.0. The molecule has 0 amide bonds. The van der Waals surface area contributed by atoms with E-state index in [-0.39, 0.29) is 18.2 Å². The summed E-state index contributed by atoms with van der Waals surface area (Å²) in [5.74, 6) is -0.161. The van der Waals surface area contributed by atoms with E-state index >= 15 is 0 Å². The number of carbonyl (C=O) groups is 1. The van der Waals surface area contributed by atoms with E-state index in [0.29, 0.717) is 24.2 Å². The summed E-state index contributed by atoms with van der Waals surface area (Å²) in [4.78, 5) is 20.3. The molecule has 36 heavy (non-hydrogen) atoms. The summed E-state index contributed by atoms with van der Waals surface area (Å²) in [6.45, 7) is 0. The van der Waals surface area contributed by atoms with Crippen LogP contribution in [-0.4, -0.2) is 15.9 Å². The fourth-order valence-electron chi connectivity index (χ4n) is 4.25. The van der Waals surface area contributed by atoms with Gasteiger partial charge in [0, 0.05) is 23.5 Å². The number of hydrogen-bond acceptors (Lipinski definition) is 4. The van der Waals surface area contributed by atoms with Crippen LogP contribution in [0.5, 0.6) is 5.75 Å². The van der Waals surface area contributed by atoms with Crippen molar-refractivity contribution in [2.75, 3.05) is 0 Å². The number of carbonyl (C=O) groups excluding carboxylic acids is 1. The predicted octanol–water partition coefficient (Wildman–Crippen LogP) is 6.84. The fraction of sp³-hybridized carbons (Fsp3) is 0.100. The number of pyridine rings is 1. The van der Waals surface area contributed by atoms with Gasteiger partial charge in [-0.05, 0) is 84.1 Å². The van der Waals surface area contributed by atoms with Gasteiger partial charge in [-0.1, -0.05) is 30.3 Å². The third-order valence-electron chi connectivity index (χ3n) is 6.03. The number of aromatic amines is 1. The molecule has 5 aromatic rings.